The molecule has 1 amide bonds. The normalized spacial score (nSPS) is 9.52. The molecular weight excluding hydrogens is 278 g/mol. The van der Waals surface area contributed by atoms with E-state index in [2.05, 4.69) is 14.8 Å². The summed E-state index contributed by atoms with van der Waals surface area (Å²) in [6.45, 7) is 1.92. The van der Waals surface area contributed by atoms with Crippen LogP contribution in [0.15, 0.2) is 18.2 Å². The molecule has 0 aliphatic rings. The van der Waals surface area contributed by atoms with E-state index in [9.17, 15) is 14.4 Å². The molecule has 0 aromatic heterocycles. The van der Waals surface area contributed by atoms with Crippen molar-refractivity contribution < 1.29 is 23.9 Å². The molecule has 0 aliphatic carbocycles. The highest BCUT2D eigenvalue weighted by molar-refractivity contribution is 5.82. The summed E-state index contributed by atoms with van der Waals surface area (Å²) in [7, 11) is 0. The Morgan fingerprint density at radius 2 is 1.71 bits per heavy atom. The fourth-order valence-electron chi connectivity index (χ4n) is 1.72. The Kier molecular flexibility index (Phi) is 7.12. The number of benzene rings is 1. The standard InChI is InChI=1S/C13H17N3O5/c14-12-2-1-11(7-13(12)15-8-17)16(3-5-20-9-18)4-6-21-10-19/h1-2,7-10H,3-6,14H2,(H,15,17). The van der Waals surface area contributed by atoms with Crippen molar-refractivity contribution >= 4 is 36.4 Å². The molecule has 0 bridgehead atoms. The second kappa shape index (κ2) is 9.18. The quantitative estimate of drug-likeness (QED) is 0.335. The maximum atomic E-state index is 10.5. The van der Waals surface area contributed by atoms with Gasteiger partial charge in [-0.2, -0.15) is 0 Å². The van der Waals surface area contributed by atoms with Gasteiger partial charge in [0, 0.05) is 5.69 Å². The predicted molar refractivity (Wildman–Crippen MR) is 76.8 cm³/mol. The topological polar surface area (TPSA) is 111 Å². The SMILES string of the molecule is Nc1ccc(N(CCOC=O)CCOC=O)cc1NC=O. The van der Waals surface area contributed by atoms with E-state index in [4.69, 9.17) is 5.73 Å². The molecule has 0 fully saturated rings. The van der Waals surface area contributed by atoms with Crippen LogP contribution in [0.1, 0.15) is 0 Å². The summed E-state index contributed by atoms with van der Waals surface area (Å²) in [4.78, 5) is 32.7. The maximum absolute atomic E-state index is 10.5. The lowest BCUT2D eigenvalue weighted by Gasteiger charge is -2.24. The first-order chi connectivity index (χ1) is 10.2. The van der Waals surface area contributed by atoms with Crippen LogP contribution in [0.4, 0.5) is 17.1 Å². The maximum Gasteiger partial charge on any atom is 0.293 e. The molecule has 0 heterocycles. The third kappa shape index (κ3) is 5.39. The van der Waals surface area contributed by atoms with Crippen LogP contribution in [0, 0.1) is 0 Å². The Labute approximate surface area is 121 Å². The third-order valence-corrected chi connectivity index (χ3v) is 2.71. The molecule has 21 heavy (non-hydrogen) atoms. The van der Waals surface area contributed by atoms with Gasteiger partial charge >= 0.3 is 0 Å². The molecule has 0 unspecified atom stereocenters. The molecule has 8 nitrogen and oxygen atoms in total. The van der Waals surface area contributed by atoms with Gasteiger partial charge in [0.25, 0.3) is 12.9 Å². The van der Waals surface area contributed by atoms with Gasteiger partial charge in [-0.05, 0) is 18.2 Å². The second-order valence-corrected chi connectivity index (χ2v) is 3.95. The highest BCUT2D eigenvalue weighted by Crippen LogP contribution is 2.25. The lowest BCUT2D eigenvalue weighted by Crippen LogP contribution is -2.31. The number of nitrogen functional groups attached to an aromatic ring is 1. The Balaban J connectivity index is 2.83. The lowest BCUT2D eigenvalue weighted by molar-refractivity contribution is -0.128. The van der Waals surface area contributed by atoms with E-state index < -0.39 is 0 Å². The number of nitrogens with one attached hydrogen (secondary N) is 1. The first-order valence-corrected chi connectivity index (χ1v) is 6.18. The van der Waals surface area contributed by atoms with Crippen LogP contribution in [0.3, 0.4) is 0 Å². The number of carbonyl (C=O) groups is 3. The summed E-state index contributed by atoms with van der Waals surface area (Å²) in [5.41, 5.74) is 7.39. The van der Waals surface area contributed by atoms with Crippen LogP contribution in [-0.4, -0.2) is 45.7 Å². The Bertz CT molecular complexity index is 467. The van der Waals surface area contributed by atoms with E-state index in [0.29, 0.717) is 43.8 Å². The molecular formula is C13H17N3O5. The summed E-state index contributed by atoms with van der Waals surface area (Å²) in [6.07, 6.45) is 0.533. The average molecular weight is 295 g/mol. The van der Waals surface area contributed by atoms with Gasteiger partial charge in [-0.15, -0.1) is 0 Å². The van der Waals surface area contributed by atoms with E-state index in [1.165, 1.54) is 0 Å². The third-order valence-electron chi connectivity index (χ3n) is 2.71. The number of carbonyl (C=O) groups excluding carboxylic acids is 3. The first-order valence-electron chi connectivity index (χ1n) is 6.18. The van der Waals surface area contributed by atoms with Gasteiger partial charge in [0.15, 0.2) is 0 Å². The second-order valence-electron chi connectivity index (χ2n) is 3.95. The summed E-state index contributed by atoms with van der Waals surface area (Å²) >= 11 is 0. The Hall–Kier alpha value is -2.77. The Morgan fingerprint density at radius 3 is 2.24 bits per heavy atom. The van der Waals surface area contributed by atoms with E-state index in [1.54, 1.807) is 18.2 Å². The molecule has 0 saturated heterocycles. The summed E-state index contributed by atoms with van der Waals surface area (Å²) in [6, 6.07) is 5.09. The molecule has 114 valence electrons. The number of rotatable bonds is 11. The summed E-state index contributed by atoms with van der Waals surface area (Å²) < 4.78 is 9.33. The summed E-state index contributed by atoms with van der Waals surface area (Å²) in [5.74, 6) is 0. The first kappa shape index (κ1) is 16.3. The minimum atomic E-state index is 0.186. The fraction of sp³-hybridized carbons (Fsp3) is 0.308. The number of hydrogen-bond donors (Lipinski definition) is 2. The van der Waals surface area contributed by atoms with Gasteiger partial charge in [-0.1, -0.05) is 0 Å². The molecule has 0 radical (unpaired) electrons. The van der Waals surface area contributed by atoms with E-state index >= 15 is 0 Å². The largest absolute Gasteiger partial charge is 0.466 e. The molecule has 1 aromatic carbocycles. The smallest absolute Gasteiger partial charge is 0.293 e. The molecule has 3 N–H and O–H groups in total. The van der Waals surface area contributed by atoms with Crippen molar-refractivity contribution in [3.05, 3.63) is 18.2 Å². The molecule has 0 atom stereocenters. The number of nitrogens with two attached hydrogens (primary N) is 1. The van der Waals surface area contributed by atoms with Gasteiger partial charge < -0.3 is 25.4 Å². The van der Waals surface area contributed by atoms with Gasteiger partial charge in [0.05, 0.1) is 24.5 Å². The van der Waals surface area contributed by atoms with Crippen LogP contribution < -0.4 is 16.0 Å². The van der Waals surface area contributed by atoms with E-state index in [0.717, 1.165) is 5.69 Å². The van der Waals surface area contributed by atoms with Crippen LogP contribution >= 0.6 is 0 Å². The van der Waals surface area contributed by atoms with Crippen LogP contribution in [0.25, 0.3) is 0 Å². The van der Waals surface area contributed by atoms with Crippen molar-refractivity contribution in [2.45, 2.75) is 0 Å². The van der Waals surface area contributed by atoms with Crippen LogP contribution in [0.2, 0.25) is 0 Å². The van der Waals surface area contributed by atoms with E-state index in [-0.39, 0.29) is 13.2 Å². The zero-order valence-electron chi connectivity index (χ0n) is 11.4. The monoisotopic (exact) mass is 295 g/mol. The highest BCUT2D eigenvalue weighted by Gasteiger charge is 2.09. The molecule has 8 heteroatoms. The number of ether oxygens (including phenoxy) is 2. The van der Waals surface area contributed by atoms with Crippen molar-refractivity contribution in [1.29, 1.82) is 0 Å². The number of nitrogens with zero attached hydrogens (tertiary/aromatic N) is 1. The lowest BCUT2D eigenvalue weighted by atomic mass is 10.2. The van der Waals surface area contributed by atoms with Gasteiger partial charge in [0.2, 0.25) is 6.41 Å². The minimum absolute atomic E-state index is 0.186. The molecule has 1 aromatic rings. The molecule has 0 saturated carbocycles. The van der Waals surface area contributed by atoms with Gasteiger partial charge in [-0.3, -0.25) is 14.4 Å². The van der Waals surface area contributed by atoms with Crippen molar-refractivity contribution in [2.24, 2.45) is 0 Å². The molecule has 0 aliphatic heterocycles. The average Bonchev–Trinajstić information content (AvgIpc) is 2.49. The van der Waals surface area contributed by atoms with E-state index in [1.807, 2.05) is 4.90 Å². The van der Waals surface area contributed by atoms with Gasteiger partial charge in [-0.25, -0.2) is 0 Å². The number of anilines is 3. The van der Waals surface area contributed by atoms with Crippen molar-refractivity contribution in [2.75, 3.05) is 42.3 Å². The predicted octanol–water partition coefficient (Wildman–Crippen LogP) is -0.0105. The fourth-order valence-corrected chi connectivity index (χ4v) is 1.72. The highest BCUT2D eigenvalue weighted by atomic mass is 16.5. The zero-order chi connectivity index (χ0) is 15.5. The van der Waals surface area contributed by atoms with Crippen LogP contribution in [0.5, 0.6) is 0 Å². The van der Waals surface area contributed by atoms with Crippen molar-refractivity contribution in [3.63, 3.8) is 0 Å². The van der Waals surface area contributed by atoms with Gasteiger partial charge in [0.1, 0.15) is 13.2 Å². The Morgan fingerprint density at radius 1 is 1.10 bits per heavy atom. The molecule has 0 spiro atoms. The van der Waals surface area contributed by atoms with Crippen molar-refractivity contribution in [3.8, 4) is 0 Å². The summed E-state index contributed by atoms with van der Waals surface area (Å²) in [5, 5.41) is 2.50. The molecule has 1 rings (SSSR count). The number of amides is 1. The van der Waals surface area contributed by atoms with Crippen molar-refractivity contribution in [1.82, 2.24) is 0 Å². The minimum Gasteiger partial charge on any atom is -0.466 e. The van der Waals surface area contributed by atoms with Crippen LogP contribution in [-0.2, 0) is 23.9 Å². The zero-order valence-corrected chi connectivity index (χ0v) is 11.4. The number of hydrogen-bond acceptors (Lipinski definition) is 7.